The molecule has 0 aliphatic carbocycles. The summed E-state index contributed by atoms with van der Waals surface area (Å²) in [7, 11) is 0. The van der Waals surface area contributed by atoms with E-state index in [-0.39, 0.29) is 24.4 Å². The Morgan fingerprint density at radius 3 is 2.46 bits per heavy atom. The number of carboxylic acid groups (broad SMARTS) is 1. The number of amides is 1. The van der Waals surface area contributed by atoms with Gasteiger partial charge in [0.05, 0.1) is 12.1 Å². The van der Waals surface area contributed by atoms with Crippen LogP contribution < -0.4 is 15.4 Å². The zero-order chi connectivity index (χ0) is 18.9. The van der Waals surface area contributed by atoms with Crippen LogP contribution in [0.2, 0.25) is 0 Å². The fraction of sp³-hybridized carbons (Fsp3) is 0.500. The molecule has 3 N–H and O–H groups in total. The number of hydrogen-bond acceptors (Lipinski definition) is 6. The van der Waals surface area contributed by atoms with Gasteiger partial charge in [0.1, 0.15) is 12.4 Å². The maximum Gasteiger partial charge on any atom is 0.341 e. The summed E-state index contributed by atoms with van der Waals surface area (Å²) < 4.78 is 10.6. The molecule has 1 heterocycles. The Morgan fingerprint density at radius 1 is 1.19 bits per heavy atom. The summed E-state index contributed by atoms with van der Waals surface area (Å²) in [6, 6.07) is 5.42. The lowest BCUT2D eigenvalue weighted by Gasteiger charge is -2.23. The highest BCUT2D eigenvalue weighted by molar-refractivity contribution is 6.01. The average molecular weight is 364 g/mol. The zero-order valence-corrected chi connectivity index (χ0v) is 14.7. The fourth-order valence-electron chi connectivity index (χ4n) is 2.61. The number of piperidine rings is 1. The van der Waals surface area contributed by atoms with Gasteiger partial charge in [-0.3, -0.25) is 9.59 Å². The third-order valence-electron chi connectivity index (χ3n) is 4.01. The maximum atomic E-state index is 12.4. The second kappa shape index (κ2) is 9.88. The van der Waals surface area contributed by atoms with E-state index in [1.165, 1.54) is 24.3 Å². The third kappa shape index (κ3) is 6.45. The van der Waals surface area contributed by atoms with Crippen LogP contribution in [-0.4, -0.2) is 61.2 Å². The van der Waals surface area contributed by atoms with Crippen molar-refractivity contribution in [2.45, 2.75) is 31.9 Å². The van der Waals surface area contributed by atoms with Gasteiger partial charge in [0.15, 0.2) is 12.4 Å². The molecule has 0 aromatic heterocycles. The highest BCUT2D eigenvalue weighted by atomic mass is 16.5. The molecule has 1 aliphatic rings. The third-order valence-corrected chi connectivity index (χ3v) is 4.01. The molecule has 2 rings (SSSR count). The highest BCUT2D eigenvalue weighted by Gasteiger charge is 2.19. The lowest BCUT2D eigenvalue weighted by molar-refractivity contribution is -0.139. The van der Waals surface area contributed by atoms with Gasteiger partial charge in [0, 0.05) is 5.56 Å². The number of benzene rings is 1. The van der Waals surface area contributed by atoms with Crippen molar-refractivity contribution in [3.05, 3.63) is 29.8 Å². The molecule has 8 heteroatoms. The largest absolute Gasteiger partial charge is 0.482 e. The number of aliphatic carboxylic acids is 1. The number of ketones is 1. The highest BCUT2D eigenvalue weighted by Crippen LogP contribution is 2.13. The van der Waals surface area contributed by atoms with Crippen LogP contribution in [0.15, 0.2) is 24.3 Å². The van der Waals surface area contributed by atoms with Gasteiger partial charge in [-0.15, -0.1) is 0 Å². The molecule has 1 aliphatic heterocycles. The van der Waals surface area contributed by atoms with Gasteiger partial charge < -0.3 is 25.2 Å². The fourth-order valence-corrected chi connectivity index (χ4v) is 2.61. The summed E-state index contributed by atoms with van der Waals surface area (Å²) in [5.41, 5.74) is 0.403. The Labute approximate surface area is 151 Å². The predicted molar refractivity (Wildman–Crippen MR) is 93.4 cm³/mol. The molecular formula is C18H24N2O6. The van der Waals surface area contributed by atoms with Crippen molar-refractivity contribution in [2.75, 3.05) is 26.3 Å². The minimum Gasteiger partial charge on any atom is -0.482 e. The Morgan fingerprint density at radius 2 is 1.85 bits per heavy atom. The molecule has 1 saturated heterocycles. The molecule has 1 amide bonds. The predicted octanol–water partition coefficient (Wildman–Crippen LogP) is 0.606. The normalized spacial score (nSPS) is 15.9. The number of Topliss-reactive ketones (excluding diaryl/α,β-unsaturated/α-hetero) is 1. The van der Waals surface area contributed by atoms with Crippen molar-refractivity contribution in [2.24, 2.45) is 0 Å². The van der Waals surface area contributed by atoms with E-state index in [1.807, 2.05) is 0 Å². The van der Waals surface area contributed by atoms with Crippen LogP contribution in [-0.2, 0) is 14.3 Å². The van der Waals surface area contributed by atoms with E-state index in [0.29, 0.717) is 11.3 Å². The standard InChI is InChI=1S/C18H24N2O6/c1-12(20-16(21)10-25-15-6-8-19-9-7-15)18(24)13-2-4-14(5-3-13)26-11-17(22)23/h2-5,12,15,19H,6-11H2,1H3,(H,20,21)(H,22,23). The second-order valence-corrected chi connectivity index (χ2v) is 6.12. The number of nitrogens with one attached hydrogen (secondary N) is 2. The second-order valence-electron chi connectivity index (χ2n) is 6.12. The first-order chi connectivity index (χ1) is 12.5. The van der Waals surface area contributed by atoms with Gasteiger partial charge in [-0.2, -0.15) is 0 Å². The van der Waals surface area contributed by atoms with Crippen molar-refractivity contribution in [1.29, 1.82) is 0 Å². The quantitative estimate of drug-likeness (QED) is 0.550. The van der Waals surface area contributed by atoms with Gasteiger partial charge >= 0.3 is 5.97 Å². The molecular weight excluding hydrogens is 340 g/mol. The molecule has 1 fully saturated rings. The minimum absolute atomic E-state index is 0.0652. The van der Waals surface area contributed by atoms with Crippen molar-refractivity contribution < 1.29 is 29.0 Å². The minimum atomic E-state index is -1.08. The van der Waals surface area contributed by atoms with Crippen LogP contribution >= 0.6 is 0 Å². The molecule has 0 spiro atoms. The number of ether oxygens (including phenoxy) is 2. The average Bonchev–Trinajstić information content (AvgIpc) is 2.65. The lowest BCUT2D eigenvalue weighted by atomic mass is 10.1. The van der Waals surface area contributed by atoms with Gasteiger partial charge in [-0.25, -0.2) is 4.79 Å². The Bertz CT molecular complexity index is 625. The summed E-state index contributed by atoms with van der Waals surface area (Å²) in [5, 5.41) is 14.4. The SMILES string of the molecule is CC(NC(=O)COC1CCNCC1)C(=O)c1ccc(OCC(=O)O)cc1. The van der Waals surface area contributed by atoms with Gasteiger partial charge in [0.25, 0.3) is 0 Å². The summed E-state index contributed by atoms with van der Waals surface area (Å²) >= 11 is 0. The van der Waals surface area contributed by atoms with E-state index in [4.69, 9.17) is 14.6 Å². The lowest BCUT2D eigenvalue weighted by Crippen LogP contribution is -2.42. The maximum absolute atomic E-state index is 12.4. The molecule has 1 aromatic rings. The molecule has 1 atom stereocenters. The first-order valence-corrected chi connectivity index (χ1v) is 8.56. The van der Waals surface area contributed by atoms with Gasteiger partial charge in [-0.05, 0) is 57.1 Å². The smallest absolute Gasteiger partial charge is 0.341 e. The van der Waals surface area contributed by atoms with Crippen molar-refractivity contribution in [3.8, 4) is 5.75 Å². The van der Waals surface area contributed by atoms with Crippen molar-refractivity contribution >= 4 is 17.7 Å². The molecule has 0 saturated carbocycles. The Balaban J connectivity index is 1.78. The number of carbonyl (C=O) groups is 3. The summed E-state index contributed by atoms with van der Waals surface area (Å²) in [5.74, 6) is -1.29. The van der Waals surface area contributed by atoms with E-state index in [0.717, 1.165) is 25.9 Å². The number of carboxylic acids is 1. The van der Waals surface area contributed by atoms with Gasteiger partial charge in [0.2, 0.25) is 5.91 Å². The monoisotopic (exact) mass is 364 g/mol. The van der Waals surface area contributed by atoms with Crippen LogP contribution in [0.4, 0.5) is 0 Å². The summed E-state index contributed by atoms with van der Waals surface area (Å²) in [4.78, 5) is 34.8. The molecule has 26 heavy (non-hydrogen) atoms. The van der Waals surface area contributed by atoms with Crippen molar-refractivity contribution in [3.63, 3.8) is 0 Å². The van der Waals surface area contributed by atoms with E-state index in [9.17, 15) is 14.4 Å². The molecule has 1 aromatic carbocycles. The molecule has 1 unspecified atom stereocenters. The molecule has 142 valence electrons. The summed E-state index contributed by atoms with van der Waals surface area (Å²) in [6.45, 7) is 2.86. The molecule has 0 bridgehead atoms. The number of carbonyl (C=O) groups excluding carboxylic acids is 2. The van der Waals surface area contributed by atoms with Crippen LogP contribution in [0, 0.1) is 0 Å². The van der Waals surface area contributed by atoms with E-state index < -0.39 is 18.6 Å². The van der Waals surface area contributed by atoms with Crippen LogP contribution in [0.1, 0.15) is 30.1 Å². The Kier molecular flexibility index (Phi) is 7.55. The van der Waals surface area contributed by atoms with Crippen LogP contribution in [0.3, 0.4) is 0 Å². The Hall–Kier alpha value is -2.45. The topological polar surface area (TPSA) is 114 Å². The van der Waals surface area contributed by atoms with Crippen LogP contribution in [0.5, 0.6) is 5.75 Å². The summed E-state index contributed by atoms with van der Waals surface area (Å²) in [6.07, 6.45) is 1.82. The first-order valence-electron chi connectivity index (χ1n) is 8.56. The zero-order valence-electron chi connectivity index (χ0n) is 14.7. The van der Waals surface area contributed by atoms with Crippen LogP contribution in [0.25, 0.3) is 0 Å². The van der Waals surface area contributed by atoms with E-state index in [2.05, 4.69) is 10.6 Å². The first kappa shape index (κ1) is 19.9. The van der Waals surface area contributed by atoms with E-state index >= 15 is 0 Å². The van der Waals surface area contributed by atoms with E-state index in [1.54, 1.807) is 6.92 Å². The molecule has 0 radical (unpaired) electrons. The molecule has 8 nitrogen and oxygen atoms in total. The van der Waals surface area contributed by atoms with Gasteiger partial charge in [-0.1, -0.05) is 0 Å². The van der Waals surface area contributed by atoms with Crippen molar-refractivity contribution in [1.82, 2.24) is 10.6 Å². The number of hydrogen-bond donors (Lipinski definition) is 3. The number of rotatable bonds is 9.